The fraction of sp³-hybridized carbons (Fsp3) is 0.438. The van der Waals surface area contributed by atoms with Crippen LogP contribution >= 0.6 is 0 Å². The van der Waals surface area contributed by atoms with Gasteiger partial charge in [0.15, 0.2) is 5.82 Å². The van der Waals surface area contributed by atoms with Crippen LogP contribution < -0.4 is 5.32 Å². The second-order valence-corrected chi connectivity index (χ2v) is 6.44. The van der Waals surface area contributed by atoms with Gasteiger partial charge in [0.25, 0.3) is 5.91 Å². The number of ether oxygens (including phenoxy) is 1. The number of aromatic nitrogens is 4. The van der Waals surface area contributed by atoms with Gasteiger partial charge in [-0.15, -0.1) is 5.10 Å². The molecule has 1 N–H and O–H groups in total. The van der Waals surface area contributed by atoms with Crippen molar-refractivity contribution in [2.24, 2.45) is 0 Å². The SMILES string of the molecule is Cc1nnnn1-c1cccc(C(=O)N2CCC[C@@]3(CNC(=O)O3)C2)c1. The van der Waals surface area contributed by atoms with Crippen LogP contribution in [0.25, 0.3) is 5.69 Å². The van der Waals surface area contributed by atoms with Gasteiger partial charge < -0.3 is 15.0 Å². The maximum atomic E-state index is 12.9. The van der Waals surface area contributed by atoms with Crippen LogP contribution in [0, 0.1) is 6.92 Å². The van der Waals surface area contributed by atoms with Gasteiger partial charge in [0, 0.05) is 12.1 Å². The number of tetrazole rings is 1. The Morgan fingerprint density at radius 1 is 1.40 bits per heavy atom. The maximum Gasteiger partial charge on any atom is 0.407 e. The molecule has 2 fully saturated rings. The Kier molecular flexibility index (Phi) is 3.63. The fourth-order valence-corrected chi connectivity index (χ4v) is 3.42. The molecular weight excluding hydrogens is 324 g/mol. The summed E-state index contributed by atoms with van der Waals surface area (Å²) in [5.41, 5.74) is 0.686. The van der Waals surface area contributed by atoms with E-state index < -0.39 is 11.7 Å². The second-order valence-electron chi connectivity index (χ2n) is 6.44. The molecule has 4 rings (SSSR count). The lowest BCUT2D eigenvalue weighted by Crippen LogP contribution is -2.52. The number of nitrogens with one attached hydrogen (secondary N) is 1. The first kappa shape index (κ1) is 15.6. The molecule has 9 nitrogen and oxygen atoms in total. The number of amides is 2. The Morgan fingerprint density at radius 3 is 3.00 bits per heavy atom. The van der Waals surface area contributed by atoms with Gasteiger partial charge in [-0.3, -0.25) is 4.79 Å². The molecule has 2 aromatic rings. The Balaban J connectivity index is 1.57. The van der Waals surface area contributed by atoms with Crippen LogP contribution in [0.15, 0.2) is 24.3 Å². The molecule has 3 heterocycles. The standard InChI is InChI=1S/C16H18N6O3/c1-11-18-19-20-22(11)13-5-2-4-12(8-13)14(23)21-7-3-6-16(10-21)9-17-15(24)25-16/h2,4-5,8H,3,6-7,9-10H2,1H3,(H,17,24)/t16-/m1/s1. The number of hydrogen-bond donors (Lipinski definition) is 1. The molecule has 0 aliphatic carbocycles. The third-order valence-corrected chi connectivity index (χ3v) is 4.65. The van der Waals surface area contributed by atoms with Crippen molar-refractivity contribution < 1.29 is 14.3 Å². The first-order valence-corrected chi connectivity index (χ1v) is 8.18. The van der Waals surface area contributed by atoms with Gasteiger partial charge in [-0.05, 0) is 48.4 Å². The zero-order valence-electron chi connectivity index (χ0n) is 13.8. The number of aryl methyl sites for hydroxylation is 1. The molecule has 0 unspecified atom stereocenters. The highest BCUT2D eigenvalue weighted by Crippen LogP contribution is 2.29. The van der Waals surface area contributed by atoms with Gasteiger partial charge in [0.2, 0.25) is 0 Å². The van der Waals surface area contributed by atoms with Gasteiger partial charge in [0.05, 0.1) is 18.8 Å². The maximum absolute atomic E-state index is 12.9. The van der Waals surface area contributed by atoms with Crippen LogP contribution in [0.3, 0.4) is 0 Å². The monoisotopic (exact) mass is 342 g/mol. The molecule has 0 radical (unpaired) electrons. The summed E-state index contributed by atoms with van der Waals surface area (Å²) in [6.07, 6.45) is 1.15. The predicted octanol–water partition coefficient (Wildman–Crippen LogP) is 0.685. The Bertz CT molecular complexity index is 835. The number of hydrogen-bond acceptors (Lipinski definition) is 6. The van der Waals surface area contributed by atoms with Crippen LogP contribution in [0.1, 0.15) is 29.0 Å². The average molecular weight is 342 g/mol. The largest absolute Gasteiger partial charge is 0.439 e. The number of benzene rings is 1. The number of likely N-dealkylation sites (tertiary alicyclic amines) is 1. The van der Waals surface area contributed by atoms with Gasteiger partial charge in [-0.25, -0.2) is 4.79 Å². The molecule has 0 bridgehead atoms. The molecule has 2 saturated heterocycles. The van der Waals surface area contributed by atoms with E-state index in [4.69, 9.17) is 4.74 Å². The van der Waals surface area contributed by atoms with Crippen LogP contribution in [0.2, 0.25) is 0 Å². The summed E-state index contributed by atoms with van der Waals surface area (Å²) in [6, 6.07) is 7.19. The van der Waals surface area contributed by atoms with E-state index in [1.54, 1.807) is 34.7 Å². The van der Waals surface area contributed by atoms with Crippen molar-refractivity contribution in [1.82, 2.24) is 30.4 Å². The lowest BCUT2D eigenvalue weighted by Gasteiger charge is -2.38. The Morgan fingerprint density at radius 2 is 2.28 bits per heavy atom. The van der Waals surface area contributed by atoms with Gasteiger partial charge >= 0.3 is 6.09 Å². The topological polar surface area (TPSA) is 102 Å². The summed E-state index contributed by atoms with van der Waals surface area (Å²) in [7, 11) is 0. The van der Waals surface area contributed by atoms with E-state index in [1.165, 1.54) is 0 Å². The van der Waals surface area contributed by atoms with Gasteiger partial charge in [0.1, 0.15) is 5.60 Å². The molecule has 1 aromatic carbocycles. The van der Waals surface area contributed by atoms with Crippen molar-refractivity contribution in [3.63, 3.8) is 0 Å². The summed E-state index contributed by atoms with van der Waals surface area (Å²) in [5.74, 6) is 0.556. The van der Waals surface area contributed by atoms with E-state index in [2.05, 4.69) is 20.8 Å². The minimum absolute atomic E-state index is 0.0883. The smallest absolute Gasteiger partial charge is 0.407 e. The van der Waals surface area contributed by atoms with Crippen LogP contribution in [0.5, 0.6) is 0 Å². The average Bonchev–Trinajstić information content (AvgIpc) is 3.20. The first-order valence-electron chi connectivity index (χ1n) is 8.18. The third-order valence-electron chi connectivity index (χ3n) is 4.65. The van der Waals surface area contributed by atoms with E-state index in [1.807, 2.05) is 6.07 Å². The Hall–Kier alpha value is -2.97. The lowest BCUT2D eigenvalue weighted by atomic mass is 9.92. The lowest BCUT2D eigenvalue weighted by molar-refractivity contribution is -0.00503. The van der Waals surface area contributed by atoms with E-state index in [0.29, 0.717) is 31.0 Å². The molecule has 9 heteroatoms. The summed E-state index contributed by atoms with van der Waals surface area (Å²) in [4.78, 5) is 26.1. The minimum atomic E-state index is -0.602. The molecular formula is C16H18N6O3. The van der Waals surface area contributed by atoms with Crippen LogP contribution in [-0.4, -0.2) is 62.3 Å². The number of carbonyl (C=O) groups is 2. The van der Waals surface area contributed by atoms with Crippen molar-refractivity contribution in [1.29, 1.82) is 0 Å². The number of alkyl carbamates (subject to hydrolysis) is 1. The zero-order chi connectivity index (χ0) is 17.4. The van der Waals surface area contributed by atoms with Crippen molar-refractivity contribution in [3.05, 3.63) is 35.7 Å². The van der Waals surface area contributed by atoms with Crippen molar-refractivity contribution in [2.45, 2.75) is 25.4 Å². The summed E-state index contributed by atoms with van der Waals surface area (Å²) >= 11 is 0. The number of piperidine rings is 1. The molecule has 2 aliphatic rings. The quantitative estimate of drug-likeness (QED) is 0.861. The number of rotatable bonds is 2. The molecule has 2 amide bonds. The van der Waals surface area contributed by atoms with Crippen molar-refractivity contribution >= 4 is 12.0 Å². The third kappa shape index (κ3) is 2.81. The van der Waals surface area contributed by atoms with E-state index >= 15 is 0 Å². The molecule has 1 spiro atoms. The highest BCUT2D eigenvalue weighted by Gasteiger charge is 2.44. The first-order chi connectivity index (χ1) is 12.1. The van der Waals surface area contributed by atoms with Gasteiger partial charge in [-0.2, -0.15) is 4.68 Å². The van der Waals surface area contributed by atoms with Gasteiger partial charge in [-0.1, -0.05) is 6.07 Å². The van der Waals surface area contributed by atoms with Crippen molar-refractivity contribution in [3.8, 4) is 5.69 Å². The molecule has 0 saturated carbocycles. The number of carbonyl (C=O) groups excluding carboxylic acids is 2. The normalized spacial score (nSPS) is 22.8. The highest BCUT2D eigenvalue weighted by atomic mass is 16.6. The minimum Gasteiger partial charge on any atom is -0.439 e. The highest BCUT2D eigenvalue weighted by molar-refractivity contribution is 5.95. The van der Waals surface area contributed by atoms with E-state index in [-0.39, 0.29) is 5.91 Å². The van der Waals surface area contributed by atoms with Crippen LogP contribution in [0.4, 0.5) is 4.79 Å². The molecule has 2 aliphatic heterocycles. The van der Waals surface area contributed by atoms with Crippen LogP contribution in [-0.2, 0) is 4.74 Å². The summed E-state index contributed by atoms with van der Waals surface area (Å²) in [5, 5.41) is 14.1. The predicted molar refractivity (Wildman–Crippen MR) is 86.2 cm³/mol. The zero-order valence-corrected chi connectivity index (χ0v) is 13.8. The van der Waals surface area contributed by atoms with E-state index in [0.717, 1.165) is 18.5 Å². The Labute approximate surface area is 143 Å². The molecule has 25 heavy (non-hydrogen) atoms. The fourth-order valence-electron chi connectivity index (χ4n) is 3.42. The molecule has 1 aromatic heterocycles. The van der Waals surface area contributed by atoms with E-state index in [9.17, 15) is 9.59 Å². The van der Waals surface area contributed by atoms with Crippen molar-refractivity contribution in [2.75, 3.05) is 19.6 Å². The summed E-state index contributed by atoms with van der Waals surface area (Å²) in [6.45, 7) is 3.29. The molecule has 1 atom stereocenters. The summed E-state index contributed by atoms with van der Waals surface area (Å²) < 4.78 is 7.01. The molecule has 130 valence electrons. The second kappa shape index (κ2) is 5.83. The number of nitrogens with zero attached hydrogens (tertiary/aromatic N) is 5.